The van der Waals surface area contributed by atoms with Gasteiger partial charge in [-0.2, -0.15) is 0 Å². The molecule has 0 fully saturated rings. The Balaban J connectivity index is 1.90. The van der Waals surface area contributed by atoms with Crippen LogP contribution in [-0.4, -0.2) is 48.6 Å². The summed E-state index contributed by atoms with van der Waals surface area (Å²) in [6.07, 6.45) is 6.92. The number of rotatable bonds is 11. The molecule has 0 aromatic heterocycles. The molecule has 8 heteroatoms. The third kappa shape index (κ3) is 6.76. The maximum absolute atomic E-state index is 12.7. The minimum absolute atomic E-state index is 0.325. The van der Waals surface area contributed by atoms with Crippen LogP contribution in [0.4, 0.5) is 5.69 Å². The van der Waals surface area contributed by atoms with E-state index in [1.807, 2.05) is 54.6 Å². The van der Waals surface area contributed by atoms with Crippen LogP contribution in [-0.2, 0) is 4.79 Å². The lowest BCUT2D eigenvalue weighted by molar-refractivity contribution is -0.111. The maximum Gasteiger partial charge on any atom is 0.248 e. The van der Waals surface area contributed by atoms with Gasteiger partial charge >= 0.3 is 0 Å². The number of amides is 1. The zero-order valence-corrected chi connectivity index (χ0v) is 21.8. The second-order valence-corrected chi connectivity index (χ2v) is 7.70. The highest BCUT2D eigenvalue weighted by molar-refractivity contribution is 6.03. The van der Waals surface area contributed by atoms with Gasteiger partial charge in [0.1, 0.15) is 5.75 Å². The Morgan fingerprint density at radius 3 is 1.73 bits per heavy atom. The van der Waals surface area contributed by atoms with Crippen molar-refractivity contribution in [3.8, 4) is 34.5 Å². The van der Waals surface area contributed by atoms with Gasteiger partial charge in [0.05, 0.1) is 48.3 Å². The Morgan fingerprint density at radius 1 is 0.622 bits per heavy atom. The van der Waals surface area contributed by atoms with E-state index < -0.39 is 0 Å². The lowest BCUT2D eigenvalue weighted by atomic mass is 10.1. The lowest BCUT2D eigenvalue weighted by Crippen LogP contribution is -2.09. The molecule has 8 nitrogen and oxygen atoms in total. The van der Waals surface area contributed by atoms with Gasteiger partial charge in [-0.05, 0) is 59.2 Å². The first-order chi connectivity index (χ1) is 18.0. The highest BCUT2D eigenvalue weighted by atomic mass is 16.5. The van der Waals surface area contributed by atoms with E-state index in [-0.39, 0.29) is 5.91 Å². The van der Waals surface area contributed by atoms with Gasteiger partial charge < -0.3 is 33.7 Å². The zero-order valence-electron chi connectivity index (χ0n) is 21.8. The van der Waals surface area contributed by atoms with Crippen LogP contribution in [0.1, 0.15) is 16.7 Å². The molecule has 3 rings (SSSR count). The average molecular weight is 506 g/mol. The van der Waals surface area contributed by atoms with Gasteiger partial charge in [0.2, 0.25) is 11.7 Å². The Bertz CT molecular complexity index is 1270. The second-order valence-electron chi connectivity index (χ2n) is 7.70. The maximum atomic E-state index is 12.7. The summed E-state index contributed by atoms with van der Waals surface area (Å²) >= 11 is 0. The molecule has 0 aliphatic rings. The number of methoxy groups -OCH3 is 6. The number of anilines is 1. The second kappa shape index (κ2) is 12.9. The summed E-state index contributed by atoms with van der Waals surface area (Å²) < 4.78 is 32.5. The molecule has 0 saturated carbocycles. The molecule has 0 aliphatic heterocycles. The molecule has 0 heterocycles. The third-order valence-electron chi connectivity index (χ3n) is 5.44. The van der Waals surface area contributed by atoms with Crippen molar-refractivity contribution in [2.75, 3.05) is 48.0 Å². The van der Waals surface area contributed by atoms with Crippen molar-refractivity contribution >= 4 is 29.8 Å². The van der Waals surface area contributed by atoms with Crippen molar-refractivity contribution in [3.05, 3.63) is 71.3 Å². The summed E-state index contributed by atoms with van der Waals surface area (Å²) in [5, 5.41) is 2.87. The van der Waals surface area contributed by atoms with Gasteiger partial charge in [0, 0.05) is 6.08 Å². The molecule has 0 aliphatic carbocycles. The van der Waals surface area contributed by atoms with Crippen LogP contribution in [0.2, 0.25) is 0 Å². The number of hydrogen-bond donors (Lipinski definition) is 1. The van der Waals surface area contributed by atoms with Crippen molar-refractivity contribution in [3.63, 3.8) is 0 Å². The number of benzene rings is 3. The molecular formula is C29H31NO7. The lowest BCUT2D eigenvalue weighted by Gasteiger charge is -2.14. The van der Waals surface area contributed by atoms with E-state index in [4.69, 9.17) is 28.4 Å². The van der Waals surface area contributed by atoms with E-state index in [1.54, 1.807) is 47.7 Å². The first kappa shape index (κ1) is 27.0. The first-order valence-electron chi connectivity index (χ1n) is 11.3. The molecule has 1 N–H and O–H groups in total. The summed E-state index contributed by atoms with van der Waals surface area (Å²) in [5.74, 6) is 2.88. The Labute approximate surface area is 217 Å². The summed E-state index contributed by atoms with van der Waals surface area (Å²) in [4.78, 5) is 12.7. The van der Waals surface area contributed by atoms with Gasteiger partial charge in [0.15, 0.2) is 23.0 Å². The highest BCUT2D eigenvalue weighted by Crippen LogP contribution is 2.40. The normalized spacial score (nSPS) is 10.9. The molecule has 1 amide bonds. The van der Waals surface area contributed by atoms with E-state index in [0.717, 1.165) is 16.7 Å². The molecule has 0 atom stereocenters. The van der Waals surface area contributed by atoms with E-state index in [9.17, 15) is 4.79 Å². The molecular weight excluding hydrogens is 474 g/mol. The predicted molar refractivity (Wildman–Crippen MR) is 145 cm³/mol. The number of hydrogen-bond acceptors (Lipinski definition) is 7. The Hall–Kier alpha value is -4.59. The Kier molecular flexibility index (Phi) is 9.43. The van der Waals surface area contributed by atoms with E-state index in [1.165, 1.54) is 13.2 Å². The van der Waals surface area contributed by atoms with Crippen molar-refractivity contribution in [1.29, 1.82) is 0 Å². The van der Waals surface area contributed by atoms with Crippen LogP contribution >= 0.6 is 0 Å². The fraction of sp³-hybridized carbons (Fsp3) is 0.207. The average Bonchev–Trinajstić information content (AvgIpc) is 2.93. The topological polar surface area (TPSA) is 84.5 Å². The molecule has 3 aromatic carbocycles. The summed E-state index contributed by atoms with van der Waals surface area (Å²) in [5.41, 5.74) is 2.90. The number of carbonyl (C=O) groups excluding carboxylic acids is 1. The molecule has 0 bridgehead atoms. The smallest absolute Gasteiger partial charge is 0.248 e. The summed E-state index contributed by atoms with van der Waals surface area (Å²) in [7, 11) is 9.34. The molecule has 3 aromatic rings. The Morgan fingerprint density at radius 2 is 1.19 bits per heavy atom. The van der Waals surface area contributed by atoms with Crippen LogP contribution in [0.25, 0.3) is 18.2 Å². The number of nitrogens with one attached hydrogen (secondary N) is 1. The van der Waals surface area contributed by atoms with Crippen molar-refractivity contribution in [1.82, 2.24) is 0 Å². The van der Waals surface area contributed by atoms with E-state index in [2.05, 4.69) is 5.32 Å². The van der Waals surface area contributed by atoms with Crippen LogP contribution in [0, 0.1) is 0 Å². The fourth-order valence-electron chi connectivity index (χ4n) is 3.66. The largest absolute Gasteiger partial charge is 0.497 e. The third-order valence-corrected chi connectivity index (χ3v) is 5.44. The van der Waals surface area contributed by atoms with Gasteiger partial charge in [-0.1, -0.05) is 24.3 Å². The van der Waals surface area contributed by atoms with Gasteiger partial charge in [-0.15, -0.1) is 0 Å². The van der Waals surface area contributed by atoms with E-state index in [0.29, 0.717) is 40.2 Å². The van der Waals surface area contributed by atoms with Crippen LogP contribution < -0.4 is 33.7 Å². The van der Waals surface area contributed by atoms with E-state index >= 15 is 0 Å². The number of ether oxygens (including phenoxy) is 6. The van der Waals surface area contributed by atoms with Gasteiger partial charge in [0.25, 0.3) is 0 Å². The van der Waals surface area contributed by atoms with Crippen LogP contribution in [0.5, 0.6) is 34.5 Å². The first-order valence-corrected chi connectivity index (χ1v) is 11.3. The van der Waals surface area contributed by atoms with Gasteiger partial charge in [-0.25, -0.2) is 0 Å². The summed E-state index contributed by atoms with van der Waals surface area (Å²) in [6, 6.07) is 14.7. The SMILES string of the molecule is COc1cccc(/C=C/C(=O)Nc2cc(/C=C/c3cc(OC)c(OC)c(OC)c3)cc(OC)c2OC)c1. The molecule has 0 radical (unpaired) electrons. The minimum atomic E-state index is -0.325. The molecule has 0 saturated heterocycles. The minimum Gasteiger partial charge on any atom is -0.497 e. The molecule has 0 spiro atoms. The standard InChI is InChI=1S/C29H31NO7/c1-32-22-9-7-8-19(14-22)12-13-27(31)30-23-15-20(16-24(33-2)28(23)36-5)10-11-21-17-25(34-3)29(37-6)26(18-21)35-4/h7-18H,1-6H3,(H,30,31)/b11-10+,13-12+. The molecule has 37 heavy (non-hydrogen) atoms. The van der Waals surface area contributed by atoms with Crippen molar-refractivity contribution < 1.29 is 33.2 Å². The quantitative estimate of drug-likeness (QED) is 0.270. The van der Waals surface area contributed by atoms with Crippen LogP contribution in [0.15, 0.2) is 54.6 Å². The fourth-order valence-corrected chi connectivity index (χ4v) is 3.66. The summed E-state index contributed by atoms with van der Waals surface area (Å²) in [6.45, 7) is 0. The zero-order chi connectivity index (χ0) is 26.8. The molecule has 0 unspecified atom stereocenters. The van der Waals surface area contributed by atoms with Gasteiger partial charge in [-0.3, -0.25) is 4.79 Å². The number of carbonyl (C=O) groups is 1. The monoisotopic (exact) mass is 505 g/mol. The highest BCUT2D eigenvalue weighted by Gasteiger charge is 2.15. The van der Waals surface area contributed by atoms with Crippen molar-refractivity contribution in [2.45, 2.75) is 0 Å². The molecule has 194 valence electrons. The predicted octanol–water partition coefficient (Wildman–Crippen LogP) is 5.56. The van der Waals surface area contributed by atoms with Crippen LogP contribution in [0.3, 0.4) is 0 Å². The van der Waals surface area contributed by atoms with Crippen molar-refractivity contribution in [2.24, 2.45) is 0 Å².